The number of hydrogen-bond donors (Lipinski definition) is 0. The van der Waals surface area contributed by atoms with E-state index in [4.69, 9.17) is 4.74 Å². The van der Waals surface area contributed by atoms with Crippen LogP contribution in [0.15, 0.2) is 54.6 Å². The molecule has 2 aromatic carbocycles. The van der Waals surface area contributed by atoms with Crippen LogP contribution in [0, 0.1) is 0 Å². The maximum absolute atomic E-state index is 13.0. The number of carbonyl (C=O) groups excluding carboxylic acids is 1. The van der Waals surface area contributed by atoms with Crippen LogP contribution in [0.4, 0.5) is 0 Å². The van der Waals surface area contributed by atoms with Crippen LogP contribution in [0.2, 0.25) is 0 Å². The van der Waals surface area contributed by atoms with Crippen molar-refractivity contribution in [3.8, 4) is 11.1 Å². The molecule has 0 aromatic heterocycles. The summed E-state index contributed by atoms with van der Waals surface area (Å²) in [5, 5.41) is 0. The summed E-state index contributed by atoms with van der Waals surface area (Å²) in [7, 11) is -3.54. The second-order valence-corrected chi connectivity index (χ2v) is 10.5. The van der Waals surface area contributed by atoms with E-state index in [0.717, 1.165) is 16.7 Å². The Balaban J connectivity index is 1.32. The van der Waals surface area contributed by atoms with Crippen molar-refractivity contribution >= 4 is 16.1 Å². The maximum atomic E-state index is 13.0. The summed E-state index contributed by atoms with van der Waals surface area (Å²) in [5.74, 6) is 0.0307. The minimum atomic E-state index is -3.54. The molecule has 2 fully saturated rings. The van der Waals surface area contributed by atoms with Gasteiger partial charge in [0.05, 0.1) is 18.6 Å². The minimum Gasteiger partial charge on any atom is -0.373 e. The van der Waals surface area contributed by atoms with Gasteiger partial charge in [0.1, 0.15) is 0 Å². The molecule has 1 amide bonds. The van der Waals surface area contributed by atoms with Gasteiger partial charge in [0, 0.05) is 39.3 Å². The van der Waals surface area contributed by atoms with Crippen molar-refractivity contribution in [2.24, 2.45) is 0 Å². The van der Waals surface area contributed by atoms with Crippen LogP contribution in [0.25, 0.3) is 11.1 Å². The SMILES string of the molecule is CC1CN(S(=O)(=O)N2CCN(C(=O)Cc3ccc(-c4ccccc4)cc3)CC2)CC(C)O1. The van der Waals surface area contributed by atoms with Crippen molar-refractivity contribution < 1.29 is 17.9 Å². The molecule has 2 aromatic rings. The quantitative estimate of drug-likeness (QED) is 0.691. The fourth-order valence-electron chi connectivity index (χ4n) is 4.38. The van der Waals surface area contributed by atoms with E-state index in [1.807, 2.05) is 56.3 Å². The highest BCUT2D eigenvalue weighted by atomic mass is 32.2. The van der Waals surface area contributed by atoms with Crippen LogP contribution in [0.3, 0.4) is 0 Å². The first-order valence-electron chi connectivity index (χ1n) is 11.2. The van der Waals surface area contributed by atoms with E-state index >= 15 is 0 Å². The van der Waals surface area contributed by atoms with Gasteiger partial charge < -0.3 is 9.64 Å². The molecule has 0 radical (unpaired) electrons. The highest BCUT2D eigenvalue weighted by Gasteiger charge is 2.37. The zero-order valence-electron chi connectivity index (χ0n) is 18.7. The molecule has 0 spiro atoms. The molecule has 2 aliphatic heterocycles. The van der Waals surface area contributed by atoms with Crippen LogP contribution < -0.4 is 0 Å². The lowest BCUT2D eigenvalue weighted by Crippen LogP contribution is -2.57. The molecular formula is C24H31N3O4S. The fourth-order valence-corrected chi connectivity index (χ4v) is 6.13. The van der Waals surface area contributed by atoms with Gasteiger partial charge in [0.25, 0.3) is 10.2 Å². The number of rotatable bonds is 5. The molecule has 0 N–H and O–H groups in total. The van der Waals surface area contributed by atoms with Gasteiger partial charge >= 0.3 is 0 Å². The number of carbonyl (C=O) groups is 1. The van der Waals surface area contributed by atoms with Crippen LogP contribution >= 0.6 is 0 Å². The summed E-state index contributed by atoms with van der Waals surface area (Å²) in [6.45, 7) is 5.98. The first-order valence-corrected chi connectivity index (χ1v) is 12.6. The van der Waals surface area contributed by atoms with Crippen molar-refractivity contribution in [1.82, 2.24) is 13.5 Å². The van der Waals surface area contributed by atoms with Crippen molar-refractivity contribution in [3.63, 3.8) is 0 Å². The van der Waals surface area contributed by atoms with Crippen molar-refractivity contribution in [2.45, 2.75) is 32.5 Å². The molecule has 2 atom stereocenters. The third kappa shape index (κ3) is 5.20. The number of nitrogens with zero attached hydrogens (tertiary/aromatic N) is 3. The molecule has 2 unspecified atom stereocenters. The van der Waals surface area contributed by atoms with E-state index in [1.165, 1.54) is 8.61 Å². The van der Waals surface area contributed by atoms with Gasteiger partial charge in [-0.05, 0) is 30.5 Å². The van der Waals surface area contributed by atoms with E-state index in [0.29, 0.717) is 45.7 Å². The van der Waals surface area contributed by atoms with E-state index < -0.39 is 10.2 Å². The Morgan fingerprint density at radius 1 is 0.844 bits per heavy atom. The second kappa shape index (κ2) is 9.70. The van der Waals surface area contributed by atoms with E-state index in [9.17, 15) is 13.2 Å². The normalized spacial score (nSPS) is 23.2. The highest BCUT2D eigenvalue weighted by molar-refractivity contribution is 7.86. The van der Waals surface area contributed by atoms with Crippen LogP contribution in [0.5, 0.6) is 0 Å². The van der Waals surface area contributed by atoms with Crippen molar-refractivity contribution in [1.29, 1.82) is 0 Å². The molecule has 0 aliphatic carbocycles. The molecule has 7 nitrogen and oxygen atoms in total. The van der Waals surface area contributed by atoms with Gasteiger partial charge in [-0.3, -0.25) is 4.79 Å². The minimum absolute atomic E-state index is 0.0307. The monoisotopic (exact) mass is 457 g/mol. The second-order valence-electron chi connectivity index (χ2n) is 8.60. The Morgan fingerprint density at radius 3 is 2.00 bits per heavy atom. The fraction of sp³-hybridized carbons (Fsp3) is 0.458. The van der Waals surface area contributed by atoms with Gasteiger partial charge in [-0.1, -0.05) is 54.6 Å². The lowest BCUT2D eigenvalue weighted by atomic mass is 10.0. The number of amides is 1. The van der Waals surface area contributed by atoms with Crippen LogP contribution in [-0.2, 0) is 26.2 Å². The van der Waals surface area contributed by atoms with E-state index in [1.54, 1.807) is 4.90 Å². The summed E-state index contributed by atoms with van der Waals surface area (Å²) in [4.78, 5) is 14.6. The third-order valence-corrected chi connectivity index (χ3v) is 8.01. The topological polar surface area (TPSA) is 70.2 Å². The number of benzene rings is 2. The summed E-state index contributed by atoms with van der Waals surface area (Å²) in [5.41, 5.74) is 3.22. The Bertz CT molecular complexity index is 1010. The number of morpholine rings is 1. The Labute approximate surface area is 190 Å². The summed E-state index contributed by atoms with van der Waals surface area (Å²) < 4.78 is 34.7. The predicted octanol–water partition coefficient (Wildman–Crippen LogP) is 2.39. The van der Waals surface area contributed by atoms with Crippen molar-refractivity contribution in [3.05, 3.63) is 60.2 Å². The first kappa shape index (κ1) is 22.9. The smallest absolute Gasteiger partial charge is 0.282 e. The number of piperazine rings is 1. The van der Waals surface area contributed by atoms with Gasteiger partial charge in [-0.15, -0.1) is 0 Å². The molecule has 2 aliphatic rings. The standard InChI is InChI=1S/C24H31N3O4S/c1-19-17-27(18-20(2)31-19)32(29,30)26-14-12-25(13-15-26)24(28)16-21-8-10-23(11-9-21)22-6-4-3-5-7-22/h3-11,19-20H,12-18H2,1-2H3. The van der Waals surface area contributed by atoms with E-state index in [2.05, 4.69) is 12.1 Å². The van der Waals surface area contributed by atoms with E-state index in [-0.39, 0.29) is 18.1 Å². The van der Waals surface area contributed by atoms with Gasteiger partial charge in [0.2, 0.25) is 5.91 Å². The molecule has 172 valence electrons. The summed E-state index contributed by atoms with van der Waals surface area (Å²) >= 11 is 0. The molecule has 4 rings (SSSR count). The summed E-state index contributed by atoms with van der Waals surface area (Å²) in [6.07, 6.45) is 0.0784. The van der Waals surface area contributed by atoms with Gasteiger partial charge in [-0.25, -0.2) is 0 Å². The number of hydrogen-bond acceptors (Lipinski definition) is 4. The van der Waals surface area contributed by atoms with Crippen LogP contribution in [0.1, 0.15) is 19.4 Å². The zero-order chi connectivity index (χ0) is 22.7. The van der Waals surface area contributed by atoms with Gasteiger partial charge in [0.15, 0.2) is 0 Å². The molecule has 0 bridgehead atoms. The average molecular weight is 458 g/mol. The molecule has 0 saturated carbocycles. The Hall–Kier alpha value is -2.26. The molecule has 2 heterocycles. The third-order valence-electron chi connectivity index (χ3n) is 6.05. The lowest BCUT2D eigenvalue weighted by Gasteiger charge is -2.40. The Morgan fingerprint density at radius 2 is 1.41 bits per heavy atom. The lowest BCUT2D eigenvalue weighted by molar-refractivity contribution is -0.131. The average Bonchev–Trinajstić information content (AvgIpc) is 2.79. The summed E-state index contributed by atoms with van der Waals surface area (Å²) in [6, 6.07) is 18.2. The van der Waals surface area contributed by atoms with Crippen molar-refractivity contribution in [2.75, 3.05) is 39.3 Å². The van der Waals surface area contributed by atoms with Crippen LogP contribution in [-0.4, -0.2) is 79.3 Å². The van der Waals surface area contributed by atoms with Gasteiger partial charge in [-0.2, -0.15) is 17.0 Å². The molecule has 2 saturated heterocycles. The molecule has 8 heteroatoms. The highest BCUT2D eigenvalue weighted by Crippen LogP contribution is 2.21. The molecular weight excluding hydrogens is 426 g/mol. The largest absolute Gasteiger partial charge is 0.373 e. The maximum Gasteiger partial charge on any atom is 0.282 e. The first-order chi connectivity index (χ1) is 15.3. The predicted molar refractivity (Wildman–Crippen MR) is 124 cm³/mol. The number of ether oxygens (including phenoxy) is 1. The Kier molecular flexibility index (Phi) is 6.95. The zero-order valence-corrected chi connectivity index (χ0v) is 19.5. The molecule has 32 heavy (non-hydrogen) atoms.